The first-order valence-electron chi connectivity index (χ1n) is 12.3. The highest BCUT2D eigenvalue weighted by Crippen LogP contribution is 2.47. The molecule has 0 fully saturated rings. The van der Waals surface area contributed by atoms with Gasteiger partial charge in [-0.3, -0.25) is 9.20 Å². The zero-order valence-electron chi connectivity index (χ0n) is 22.1. The first kappa shape index (κ1) is 27.2. The van der Waals surface area contributed by atoms with E-state index in [1.54, 1.807) is 38.7 Å². The van der Waals surface area contributed by atoms with Crippen LogP contribution in [0.1, 0.15) is 11.3 Å². The molecule has 0 saturated carbocycles. The van der Waals surface area contributed by atoms with Crippen molar-refractivity contribution in [2.45, 2.75) is 12.8 Å². The van der Waals surface area contributed by atoms with Crippen molar-refractivity contribution in [3.05, 3.63) is 82.9 Å². The van der Waals surface area contributed by atoms with Crippen molar-refractivity contribution < 1.29 is 14.3 Å². The van der Waals surface area contributed by atoms with Crippen LogP contribution in [0.3, 0.4) is 0 Å². The maximum atomic E-state index is 11.5. The fourth-order valence-corrected chi connectivity index (χ4v) is 5.16. The third-order valence-electron chi connectivity index (χ3n) is 6.50. The van der Waals surface area contributed by atoms with Gasteiger partial charge in [0.2, 0.25) is 5.91 Å². The molecule has 5 rings (SSSR count). The second-order valence-corrected chi connectivity index (χ2v) is 9.65. The number of anilines is 2. The number of aromatic nitrogens is 4. The third kappa shape index (κ3) is 5.13. The summed E-state index contributed by atoms with van der Waals surface area (Å²) in [5.41, 5.74) is 4.74. The van der Waals surface area contributed by atoms with E-state index in [0.29, 0.717) is 57.0 Å². The predicted octanol–water partition coefficient (Wildman–Crippen LogP) is 6.22. The van der Waals surface area contributed by atoms with Crippen LogP contribution in [-0.2, 0) is 17.6 Å². The summed E-state index contributed by atoms with van der Waals surface area (Å²) in [5, 5.41) is 7.33. The maximum absolute atomic E-state index is 11.5. The number of aryl methyl sites for hydroxylation is 2. The highest BCUT2D eigenvalue weighted by atomic mass is 35.5. The molecule has 11 heteroatoms. The Labute approximate surface area is 240 Å². The number of hydrogen-bond acceptors (Lipinski definition) is 7. The fraction of sp³-hybridized carbons (Fsp3) is 0.172. The minimum Gasteiger partial charge on any atom is -0.495 e. The lowest BCUT2D eigenvalue weighted by Gasteiger charge is -2.16. The molecule has 9 nitrogen and oxygen atoms in total. The largest absolute Gasteiger partial charge is 0.495 e. The number of benzene rings is 1. The van der Waals surface area contributed by atoms with Gasteiger partial charge in [0.25, 0.3) is 0 Å². The summed E-state index contributed by atoms with van der Waals surface area (Å²) in [4.78, 5) is 25.3. The van der Waals surface area contributed by atoms with E-state index in [-0.39, 0.29) is 5.91 Å². The van der Waals surface area contributed by atoms with Gasteiger partial charge in [-0.15, -0.1) is 0 Å². The molecule has 0 bridgehead atoms. The van der Waals surface area contributed by atoms with Crippen LogP contribution in [0.5, 0.6) is 11.5 Å². The Morgan fingerprint density at radius 1 is 1.02 bits per heavy atom. The molecule has 5 aromatic rings. The third-order valence-corrected chi connectivity index (χ3v) is 7.25. The standard InChI is InChI=1S/C29H26Cl2N6O3/c1-5-25(38)36-23-9-7-16(13-33-23)6-8-18-15-37-20-11-24(32-2)34-14-17(20)10-19(29(37)35-18)26-27(30)21(39-3)12-22(40-4)28(26)31/h5,7,9-15H,1,6,8H2,2-4H3,(H,32,34)(H,33,36,38). The Kier molecular flexibility index (Phi) is 7.77. The number of nitrogens with one attached hydrogen (secondary N) is 2. The van der Waals surface area contributed by atoms with Gasteiger partial charge in [-0.2, -0.15) is 0 Å². The Morgan fingerprint density at radius 2 is 1.75 bits per heavy atom. The zero-order valence-corrected chi connectivity index (χ0v) is 23.6. The summed E-state index contributed by atoms with van der Waals surface area (Å²) >= 11 is 13.6. The van der Waals surface area contributed by atoms with Gasteiger partial charge in [0.05, 0.1) is 35.5 Å². The molecule has 1 amide bonds. The average molecular weight is 577 g/mol. The van der Waals surface area contributed by atoms with Crippen molar-refractivity contribution in [3.8, 4) is 22.6 Å². The van der Waals surface area contributed by atoms with Crippen molar-refractivity contribution in [2.24, 2.45) is 0 Å². The number of rotatable bonds is 9. The number of carbonyl (C=O) groups excluding carboxylic acids is 1. The highest BCUT2D eigenvalue weighted by Gasteiger charge is 2.23. The average Bonchev–Trinajstić information content (AvgIpc) is 3.41. The van der Waals surface area contributed by atoms with Crippen molar-refractivity contribution in [3.63, 3.8) is 0 Å². The molecule has 0 spiro atoms. The molecular weight excluding hydrogens is 551 g/mol. The normalized spacial score (nSPS) is 11.0. The summed E-state index contributed by atoms with van der Waals surface area (Å²) in [7, 11) is 4.91. The van der Waals surface area contributed by atoms with Gasteiger partial charge in [0.1, 0.15) is 28.8 Å². The van der Waals surface area contributed by atoms with Crippen LogP contribution in [-0.4, -0.2) is 46.5 Å². The van der Waals surface area contributed by atoms with Crippen LogP contribution < -0.4 is 20.1 Å². The molecule has 204 valence electrons. The minimum atomic E-state index is -0.307. The molecule has 0 atom stereocenters. The van der Waals surface area contributed by atoms with Gasteiger partial charge in [0.15, 0.2) is 0 Å². The molecule has 0 radical (unpaired) electrons. The molecule has 0 saturated heterocycles. The van der Waals surface area contributed by atoms with Gasteiger partial charge in [-0.25, -0.2) is 15.0 Å². The number of ether oxygens (including phenoxy) is 2. The van der Waals surface area contributed by atoms with Gasteiger partial charge in [-0.05, 0) is 36.6 Å². The van der Waals surface area contributed by atoms with Crippen LogP contribution in [0.4, 0.5) is 11.6 Å². The fourth-order valence-electron chi connectivity index (χ4n) is 4.46. The van der Waals surface area contributed by atoms with Gasteiger partial charge < -0.3 is 20.1 Å². The monoisotopic (exact) mass is 576 g/mol. The summed E-state index contributed by atoms with van der Waals surface area (Å²) in [6.07, 6.45) is 8.08. The van der Waals surface area contributed by atoms with Crippen LogP contribution in [0, 0.1) is 0 Å². The number of halogens is 2. The quantitative estimate of drug-likeness (QED) is 0.201. The molecule has 0 aliphatic rings. The lowest BCUT2D eigenvalue weighted by Crippen LogP contribution is -2.08. The van der Waals surface area contributed by atoms with Crippen LogP contribution >= 0.6 is 23.2 Å². The molecule has 4 heterocycles. The van der Waals surface area contributed by atoms with E-state index in [4.69, 9.17) is 37.7 Å². The number of fused-ring (bicyclic) bond motifs is 3. The summed E-state index contributed by atoms with van der Waals surface area (Å²) in [6.45, 7) is 3.45. The Morgan fingerprint density at radius 3 is 2.38 bits per heavy atom. The molecule has 0 aliphatic carbocycles. The molecular formula is C29H26Cl2N6O3. The van der Waals surface area contributed by atoms with Gasteiger partial charge in [-0.1, -0.05) is 35.8 Å². The highest BCUT2D eigenvalue weighted by molar-refractivity contribution is 6.41. The van der Waals surface area contributed by atoms with E-state index in [0.717, 1.165) is 28.0 Å². The first-order valence-corrected chi connectivity index (χ1v) is 13.1. The Balaban J connectivity index is 1.60. The van der Waals surface area contributed by atoms with Crippen LogP contribution in [0.15, 0.2) is 61.6 Å². The van der Waals surface area contributed by atoms with Crippen molar-refractivity contribution in [1.82, 2.24) is 19.4 Å². The number of hydrogen-bond donors (Lipinski definition) is 2. The number of pyridine rings is 3. The predicted molar refractivity (Wildman–Crippen MR) is 159 cm³/mol. The van der Waals surface area contributed by atoms with Crippen LogP contribution in [0.2, 0.25) is 10.0 Å². The zero-order chi connectivity index (χ0) is 28.4. The van der Waals surface area contributed by atoms with E-state index in [1.807, 2.05) is 35.8 Å². The number of carbonyl (C=O) groups is 1. The van der Waals surface area contributed by atoms with Crippen LogP contribution in [0.25, 0.3) is 27.7 Å². The number of amides is 1. The lowest BCUT2D eigenvalue weighted by atomic mass is 10.0. The molecule has 0 unspecified atom stereocenters. The first-order chi connectivity index (χ1) is 19.4. The lowest BCUT2D eigenvalue weighted by molar-refractivity contribution is -0.111. The van der Waals surface area contributed by atoms with E-state index in [9.17, 15) is 4.79 Å². The second-order valence-electron chi connectivity index (χ2n) is 8.89. The van der Waals surface area contributed by atoms with Crippen molar-refractivity contribution in [2.75, 3.05) is 31.9 Å². The van der Waals surface area contributed by atoms with E-state index in [1.165, 1.54) is 6.08 Å². The van der Waals surface area contributed by atoms with Gasteiger partial charge >= 0.3 is 0 Å². The summed E-state index contributed by atoms with van der Waals surface area (Å²) in [5.74, 6) is 1.76. The topological polar surface area (TPSA) is 103 Å². The smallest absolute Gasteiger partial charge is 0.248 e. The molecule has 40 heavy (non-hydrogen) atoms. The number of methoxy groups -OCH3 is 2. The van der Waals surface area contributed by atoms with E-state index >= 15 is 0 Å². The molecule has 4 aromatic heterocycles. The summed E-state index contributed by atoms with van der Waals surface area (Å²) in [6, 6.07) is 9.28. The second kappa shape index (κ2) is 11.4. The Bertz CT molecular complexity index is 1720. The molecule has 2 N–H and O–H groups in total. The van der Waals surface area contributed by atoms with Gasteiger partial charge in [0, 0.05) is 54.3 Å². The van der Waals surface area contributed by atoms with Crippen molar-refractivity contribution in [1.29, 1.82) is 0 Å². The minimum absolute atomic E-state index is 0.307. The molecule has 0 aliphatic heterocycles. The molecule has 1 aromatic carbocycles. The number of imidazole rings is 1. The number of nitrogens with zero attached hydrogens (tertiary/aromatic N) is 4. The van der Waals surface area contributed by atoms with Crippen molar-refractivity contribution >= 4 is 57.3 Å². The van der Waals surface area contributed by atoms with E-state index < -0.39 is 0 Å². The maximum Gasteiger partial charge on any atom is 0.248 e. The SMILES string of the molecule is C=CC(=O)Nc1ccc(CCc2cn3c(n2)c(-c2c(Cl)c(OC)cc(OC)c2Cl)cc2cnc(NC)cc23)cn1. The van der Waals surface area contributed by atoms with E-state index in [2.05, 4.69) is 27.2 Å². The summed E-state index contributed by atoms with van der Waals surface area (Å²) < 4.78 is 13.0. The Hall–Kier alpha value is -4.34.